The number of benzene rings is 2. The predicted octanol–water partition coefficient (Wildman–Crippen LogP) is 5.77. The van der Waals surface area contributed by atoms with Gasteiger partial charge in [-0.1, -0.05) is 47.2 Å². The minimum Gasteiger partial charge on any atom is -0.573 e. The number of hydrogen-bond donors (Lipinski definition) is 0. The van der Waals surface area contributed by atoms with Crippen LogP contribution >= 0.6 is 0 Å². The molecule has 0 aliphatic rings. The molecule has 0 unspecified atom stereocenters. The van der Waals surface area contributed by atoms with E-state index in [9.17, 15) is 8.78 Å². The molecule has 0 fully saturated rings. The number of aryl methyl sites for hydroxylation is 1. The Balaban J connectivity index is 0.000000195. The molecule has 0 bridgehead atoms. The molecule has 0 amide bonds. The van der Waals surface area contributed by atoms with Gasteiger partial charge in [0.25, 0.3) is 0 Å². The second-order valence-electron chi connectivity index (χ2n) is 7.28. The van der Waals surface area contributed by atoms with Crippen molar-refractivity contribution in [1.82, 2.24) is 20.2 Å². The summed E-state index contributed by atoms with van der Waals surface area (Å²) in [5.74, 6) is -1.28. The maximum absolute atomic E-state index is 13.4. The zero-order valence-corrected chi connectivity index (χ0v) is 20.8. The molecule has 175 valence electrons. The molecule has 0 N–H and O–H groups in total. The van der Waals surface area contributed by atoms with Crippen molar-refractivity contribution in [3.63, 3.8) is 0 Å². The van der Waals surface area contributed by atoms with Crippen LogP contribution in [0.25, 0.3) is 33.9 Å². The molecular formula is C27H17F2IrN5-2. The number of nitriles is 1. The van der Waals surface area contributed by atoms with Gasteiger partial charge in [0.15, 0.2) is 0 Å². The number of aromatic nitrogens is 4. The summed E-state index contributed by atoms with van der Waals surface area (Å²) in [4.78, 5) is 8.24. The van der Waals surface area contributed by atoms with Crippen molar-refractivity contribution in [2.45, 2.75) is 6.92 Å². The third-order valence-electron chi connectivity index (χ3n) is 4.81. The molecule has 1 radical (unpaired) electrons. The summed E-state index contributed by atoms with van der Waals surface area (Å²) in [6.45, 7) is 1.88. The summed E-state index contributed by atoms with van der Waals surface area (Å²) in [6, 6.07) is 24.9. The van der Waals surface area contributed by atoms with Crippen LogP contribution in [0.1, 0.15) is 11.1 Å². The van der Waals surface area contributed by atoms with E-state index in [-0.39, 0.29) is 25.7 Å². The standard InChI is InChI=1S/C15H9N4.C12H8F2N.Ir/c16-10-11-4-6-12(7-5-11)14-9-15(19-18-14)13-3-1-2-8-17-13;1-8-4-5-15-12(6-8)10-3-2-9(13)7-11(10)14;/h1-9H;2,4-7H,1H3;/q2*-1;. The fraction of sp³-hybridized carbons (Fsp3) is 0.0370. The summed E-state index contributed by atoms with van der Waals surface area (Å²) < 4.78 is 26.0. The molecule has 2 aromatic carbocycles. The molecule has 5 rings (SSSR count). The van der Waals surface area contributed by atoms with Gasteiger partial charge in [-0.15, -0.1) is 12.1 Å². The number of pyridine rings is 2. The Morgan fingerprint density at radius 1 is 0.886 bits per heavy atom. The van der Waals surface area contributed by atoms with E-state index in [4.69, 9.17) is 5.26 Å². The molecule has 0 saturated heterocycles. The van der Waals surface area contributed by atoms with Gasteiger partial charge in [-0.25, -0.2) is 0 Å². The van der Waals surface area contributed by atoms with Crippen molar-refractivity contribution in [3.8, 4) is 40.0 Å². The van der Waals surface area contributed by atoms with E-state index < -0.39 is 11.6 Å². The third kappa shape index (κ3) is 6.51. The minimum atomic E-state index is -0.645. The van der Waals surface area contributed by atoms with Gasteiger partial charge in [0.1, 0.15) is 0 Å². The van der Waals surface area contributed by atoms with Crippen molar-refractivity contribution < 1.29 is 28.9 Å². The van der Waals surface area contributed by atoms with E-state index in [1.54, 1.807) is 30.6 Å². The Labute approximate surface area is 214 Å². The number of halogens is 2. The SMILES string of the molecule is Cc1ccnc(-c2[c-]cc(F)cc2F)c1.N#Cc1ccc(-c2cc(-c3ccccn3)[n-]n2)cc1.[Ir]. The predicted molar refractivity (Wildman–Crippen MR) is 124 cm³/mol. The first-order chi connectivity index (χ1) is 16.5. The molecule has 5 nitrogen and oxygen atoms in total. The van der Waals surface area contributed by atoms with E-state index in [1.807, 2.05) is 49.4 Å². The van der Waals surface area contributed by atoms with E-state index in [0.717, 1.165) is 40.3 Å². The zero-order chi connectivity index (χ0) is 23.9. The van der Waals surface area contributed by atoms with Crippen LogP contribution in [0.4, 0.5) is 8.78 Å². The molecule has 0 aliphatic carbocycles. The topological polar surface area (TPSA) is 76.6 Å². The van der Waals surface area contributed by atoms with E-state index >= 15 is 0 Å². The maximum Gasteiger partial charge on any atom is 0.0991 e. The third-order valence-corrected chi connectivity index (χ3v) is 4.81. The smallest absolute Gasteiger partial charge is 0.0991 e. The Hall–Kier alpha value is -4.05. The van der Waals surface area contributed by atoms with Crippen LogP contribution in [0.5, 0.6) is 0 Å². The van der Waals surface area contributed by atoms with E-state index in [2.05, 4.69) is 32.3 Å². The van der Waals surface area contributed by atoms with Gasteiger partial charge in [-0.2, -0.15) is 5.26 Å². The molecule has 35 heavy (non-hydrogen) atoms. The van der Waals surface area contributed by atoms with Crippen LogP contribution in [0.2, 0.25) is 0 Å². The first kappa shape index (κ1) is 25.6. The molecular weight excluding hydrogens is 625 g/mol. The van der Waals surface area contributed by atoms with Crippen LogP contribution in [-0.2, 0) is 20.1 Å². The van der Waals surface area contributed by atoms with E-state index in [1.165, 1.54) is 0 Å². The Bertz CT molecular complexity index is 1440. The zero-order valence-electron chi connectivity index (χ0n) is 18.4. The molecule has 3 aromatic heterocycles. The summed E-state index contributed by atoms with van der Waals surface area (Å²) in [7, 11) is 0. The fourth-order valence-electron chi connectivity index (χ4n) is 3.11. The monoisotopic (exact) mass is 642 g/mol. The van der Waals surface area contributed by atoms with Crippen LogP contribution in [-0.4, -0.2) is 15.1 Å². The van der Waals surface area contributed by atoms with Gasteiger partial charge in [-0.3, -0.25) is 13.8 Å². The number of nitrogens with zero attached hydrogens (tertiary/aromatic N) is 5. The maximum atomic E-state index is 13.4. The molecule has 0 saturated carbocycles. The first-order valence-electron chi connectivity index (χ1n) is 10.3. The second kappa shape index (κ2) is 11.9. The second-order valence-corrected chi connectivity index (χ2v) is 7.28. The minimum absolute atomic E-state index is 0. The van der Waals surface area contributed by atoms with Crippen molar-refractivity contribution >= 4 is 0 Å². The molecule has 0 aliphatic heterocycles. The van der Waals surface area contributed by atoms with Gasteiger partial charge < -0.3 is 15.2 Å². The number of hydrogen-bond acceptors (Lipinski definition) is 4. The van der Waals surface area contributed by atoms with Crippen molar-refractivity contribution in [2.24, 2.45) is 0 Å². The Morgan fingerprint density at radius 3 is 2.31 bits per heavy atom. The van der Waals surface area contributed by atoms with Crippen LogP contribution in [0, 0.1) is 36.0 Å². The summed E-state index contributed by atoms with van der Waals surface area (Å²) in [6.07, 6.45) is 3.31. The molecule has 5 aromatic rings. The van der Waals surface area contributed by atoms with Gasteiger partial charge in [-0.05, 0) is 54.6 Å². The summed E-state index contributed by atoms with van der Waals surface area (Å²) in [5.41, 5.74) is 5.53. The molecule has 8 heteroatoms. The van der Waals surface area contributed by atoms with Crippen molar-refractivity contribution in [2.75, 3.05) is 0 Å². The molecule has 3 heterocycles. The Kier molecular flexibility index (Phi) is 8.69. The average Bonchev–Trinajstić information content (AvgIpc) is 3.36. The fourth-order valence-corrected chi connectivity index (χ4v) is 3.11. The van der Waals surface area contributed by atoms with Crippen LogP contribution < -0.4 is 5.10 Å². The summed E-state index contributed by atoms with van der Waals surface area (Å²) >= 11 is 0. The van der Waals surface area contributed by atoms with Crippen molar-refractivity contribution in [3.05, 3.63) is 114 Å². The Morgan fingerprint density at radius 2 is 1.66 bits per heavy atom. The normalized spacial score (nSPS) is 9.89. The number of rotatable bonds is 3. The molecule has 0 spiro atoms. The van der Waals surface area contributed by atoms with E-state index in [0.29, 0.717) is 11.3 Å². The van der Waals surface area contributed by atoms with Crippen molar-refractivity contribution in [1.29, 1.82) is 5.26 Å². The first-order valence-corrected chi connectivity index (χ1v) is 10.3. The quantitative estimate of drug-likeness (QED) is 0.234. The van der Waals surface area contributed by atoms with Gasteiger partial charge in [0.05, 0.1) is 11.6 Å². The summed E-state index contributed by atoms with van der Waals surface area (Å²) in [5, 5.41) is 17.0. The van der Waals surface area contributed by atoms with Gasteiger partial charge in [0.2, 0.25) is 0 Å². The average molecular weight is 642 g/mol. The largest absolute Gasteiger partial charge is 0.573 e. The van der Waals surface area contributed by atoms with Gasteiger partial charge in [0, 0.05) is 55.5 Å². The van der Waals surface area contributed by atoms with Crippen LogP contribution in [0.3, 0.4) is 0 Å². The van der Waals surface area contributed by atoms with Crippen LogP contribution in [0.15, 0.2) is 85.2 Å². The van der Waals surface area contributed by atoms with Gasteiger partial charge >= 0.3 is 0 Å². The molecule has 0 atom stereocenters.